The lowest BCUT2D eigenvalue weighted by Crippen LogP contribution is -1.95. The van der Waals surface area contributed by atoms with Crippen molar-refractivity contribution in [2.24, 2.45) is 0 Å². The average Bonchev–Trinajstić information content (AvgIpc) is 2.93. The number of aliphatic hydroxyl groups is 1. The summed E-state index contributed by atoms with van der Waals surface area (Å²) in [6.07, 6.45) is 1.95. The van der Waals surface area contributed by atoms with Gasteiger partial charge in [-0.15, -0.1) is 0 Å². The van der Waals surface area contributed by atoms with Crippen LogP contribution in [0.4, 0.5) is 0 Å². The number of hydrogen-bond donors (Lipinski definition) is 1. The van der Waals surface area contributed by atoms with Crippen LogP contribution in [0.25, 0.3) is 16.8 Å². The van der Waals surface area contributed by atoms with Crippen LogP contribution >= 0.6 is 0 Å². The summed E-state index contributed by atoms with van der Waals surface area (Å²) in [7, 11) is 0. The van der Waals surface area contributed by atoms with Crippen LogP contribution in [0, 0.1) is 0 Å². The quantitative estimate of drug-likeness (QED) is 0.776. The summed E-state index contributed by atoms with van der Waals surface area (Å²) in [6.45, 7) is -0.0654. The molecule has 0 bridgehead atoms. The molecule has 0 unspecified atom stereocenters. The minimum absolute atomic E-state index is 0.0654. The van der Waals surface area contributed by atoms with Crippen LogP contribution in [0.1, 0.15) is 5.69 Å². The molecule has 3 rings (SSSR count). The molecule has 0 aliphatic carbocycles. The Balaban J connectivity index is 2.09. The summed E-state index contributed by atoms with van der Waals surface area (Å²) in [4.78, 5) is 0. The van der Waals surface area contributed by atoms with Crippen molar-refractivity contribution in [3.05, 3.63) is 72.6 Å². The molecule has 2 aromatic carbocycles. The van der Waals surface area contributed by atoms with Crippen molar-refractivity contribution in [3.63, 3.8) is 0 Å². The molecule has 0 saturated heterocycles. The fourth-order valence-electron chi connectivity index (χ4n) is 2.10. The molecule has 19 heavy (non-hydrogen) atoms. The Hall–Kier alpha value is -2.39. The van der Waals surface area contributed by atoms with E-state index in [1.807, 2.05) is 66.9 Å². The van der Waals surface area contributed by atoms with Crippen molar-refractivity contribution in [1.29, 1.82) is 0 Å². The first-order chi connectivity index (χ1) is 9.38. The van der Waals surface area contributed by atoms with Gasteiger partial charge in [0.2, 0.25) is 0 Å². The smallest absolute Gasteiger partial charge is 0.0961 e. The van der Waals surface area contributed by atoms with Gasteiger partial charge in [-0.05, 0) is 17.7 Å². The minimum Gasteiger partial charge on any atom is -0.390 e. The van der Waals surface area contributed by atoms with Crippen LogP contribution in [0.3, 0.4) is 0 Å². The molecule has 1 N–H and O–H groups in total. The Morgan fingerprint density at radius 2 is 1.53 bits per heavy atom. The van der Waals surface area contributed by atoms with E-state index in [4.69, 9.17) is 0 Å². The largest absolute Gasteiger partial charge is 0.390 e. The lowest BCUT2D eigenvalue weighted by Gasteiger charge is -1.99. The van der Waals surface area contributed by atoms with Crippen LogP contribution in [-0.4, -0.2) is 14.9 Å². The standard InChI is InChI=1S/C16H14N2O/c19-12-16-15(13-7-3-1-4-8-13)11-18(17-16)14-9-5-2-6-10-14/h1-11,19H,12H2. The van der Waals surface area contributed by atoms with E-state index in [1.165, 1.54) is 0 Å². The summed E-state index contributed by atoms with van der Waals surface area (Å²) in [6, 6.07) is 19.9. The predicted octanol–water partition coefficient (Wildman–Crippen LogP) is 3.03. The number of para-hydroxylation sites is 1. The molecule has 94 valence electrons. The first-order valence-electron chi connectivity index (χ1n) is 6.19. The first kappa shape index (κ1) is 11.7. The number of rotatable bonds is 3. The first-order valence-corrected chi connectivity index (χ1v) is 6.19. The number of hydrogen-bond acceptors (Lipinski definition) is 2. The predicted molar refractivity (Wildman–Crippen MR) is 74.9 cm³/mol. The van der Waals surface area contributed by atoms with E-state index < -0.39 is 0 Å². The second-order valence-electron chi connectivity index (χ2n) is 4.29. The highest BCUT2D eigenvalue weighted by Crippen LogP contribution is 2.24. The van der Waals surface area contributed by atoms with Gasteiger partial charge in [0.15, 0.2) is 0 Å². The minimum atomic E-state index is -0.0654. The maximum Gasteiger partial charge on any atom is 0.0961 e. The van der Waals surface area contributed by atoms with E-state index in [9.17, 15) is 5.11 Å². The lowest BCUT2D eigenvalue weighted by molar-refractivity contribution is 0.276. The van der Waals surface area contributed by atoms with Crippen LogP contribution < -0.4 is 0 Å². The summed E-state index contributed by atoms with van der Waals surface area (Å²) in [5.74, 6) is 0. The highest BCUT2D eigenvalue weighted by molar-refractivity contribution is 5.65. The molecule has 1 aromatic heterocycles. The molecule has 0 spiro atoms. The van der Waals surface area contributed by atoms with Crippen molar-refractivity contribution in [2.75, 3.05) is 0 Å². The number of aromatic nitrogens is 2. The van der Waals surface area contributed by atoms with Crippen molar-refractivity contribution < 1.29 is 5.11 Å². The zero-order chi connectivity index (χ0) is 13.1. The van der Waals surface area contributed by atoms with Crippen LogP contribution in [-0.2, 0) is 6.61 Å². The Morgan fingerprint density at radius 3 is 2.16 bits per heavy atom. The van der Waals surface area contributed by atoms with Crippen molar-refractivity contribution in [1.82, 2.24) is 9.78 Å². The van der Waals surface area contributed by atoms with Gasteiger partial charge in [0.05, 0.1) is 18.0 Å². The van der Waals surface area contributed by atoms with Gasteiger partial charge in [0.1, 0.15) is 0 Å². The van der Waals surface area contributed by atoms with E-state index in [2.05, 4.69) is 5.10 Å². The van der Waals surface area contributed by atoms with Crippen molar-refractivity contribution >= 4 is 0 Å². The molecule has 0 aliphatic rings. The van der Waals surface area contributed by atoms with Crippen LogP contribution in [0.15, 0.2) is 66.9 Å². The molecule has 3 aromatic rings. The number of benzene rings is 2. The molecule has 3 nitrogen and oxygen atoms in total. The second-order valence-corrected chi connectivity index (χ2v) is 4.29. The molecular formula is C16H14N2O. The lowest BCUT2D eigenvalue weighted by atomic mass is 10.1. The van der Waals surface area contributed by atoms with Crippen LogP contribution in [0.2, 0.25) is 0 Å². The second kappa shape index (κ2) is 5.08. The normalized spacial score (nSPS) is 10.6. The third kappa shape index (κ3) is 2.28. The van der Waals surface area contributed by atoms with Gasteiger partial charge < -0.3 is 5.11 Å². The summed E-state index contributed by atoms with van der Waals surface area (Å²) in [5.41, 5.74) is 3.70. The average molecular weight is 250 g/mol. The van der Waals surface area contributed by atoms with E-state index in [0.29, 0.717) is 5.69 Å². The summed E-state index contributed by atoms with van der Waals surface area (Å²) >= 11 is 0. The summed E-state index contributed by atoms with van der Waals surface area (Å²) in [5, 5.41) is 13.9. The van der Waals surface area contributed by atoms with Gasteiger partial charge in [-0.3, -0.25) is 0 Å². The highest BCUT2D eigenvalue weighted by atomic mass is 16.3. The fraction of sp³-hybridized carbons (Fsp3) is 0.0625. The molecule has 0 saturated carbocycles. The Morgan fingerprint density at radius 1 is 0.895 bits per heavy atom. The van der Waals surface area contributed by atoms with E-state index >= 15 is 0 Å². The molecule has 3 heteroatoms. The van der Waals surface area contributed by atoms with Gasteiger partial charge >= 0.3 is 0 Å². The molecule has 0 amide bonds. The Bertz CT molecular complexity index is 660. The van der Waals surface area contributed by atoms with Gasteiger partial charge in [-0.2, -0.15) is 5.10 Å². The molecular weight excluding hydrogens is 236 g/mol. The highest BCUT2D eigenvalue weighted by Gasteiger charge is 2.10. The van der Waals surface area contributed by atoms with E-state index in [-0.39, 0.29) is 6.61 Å². The number of nitrogens with zero attached hydrogens (tertiary/aromatic N) is 2. The zero-order valence-electron chi connectivity index (χ0n) is 10.4. The third-order valence-electron chi connectivity index (χ3n) is 3.05. The van der Waals surface area contributed by atoms with E-state index in [1.54, 1.807) is 4.68 Å². The maximum atomic E-state index is 9.46. The maximum absolute atomic E-state index is 9.46. The zero-order valence-corrected chi connectivity index (χ0v) is 10.4. The van der Waals surface area contributed by atoms with Gasteiger partial charge in [0.25, 0.3) is 0 Å². The summed E-state index contributed by atoms with van der Waals surface area (Å²) < 4.78 is 1.80. The Labute approximate surface area is 111 Å². The molecule has 0 atom stereocenters. The molecule has 0 radical (unpaired) electrons. The fourth-order valence-corrected chi connectivity index (χ4v) is 2.10. The number of aliphatic hydroxyl groups excluding tert-OH is 1. The molecule has 1 heterocycles. The van der Waals surface area contributed by atoms with Crippen LogP contribution in [0.5, 0.6) is 0 Å². The topological polar surface area (TPSA) is 38.1 Å². The monoisotopic (exact) mass is 250 g/mol. The van der Waals surface area contributed by atoms with Gasteiger partial charge in [-0.25, -0.2) is 4.68 Å². The SMILES string of the molecule is OCc1nn(-c2ccccc2)cc1-c1ccccc1. The van der Waals surface area contributed by atoms with Crippen molar-refractivity contribution in [3.8, 4) is 16.8 Å². The van der Waals surface area contributed by atoms with Crippen molar-refractivity contribution in [2.45, 2.75) is 6.61 Å². The molecule has 0 aliphatic heterocycles. The van der Waals surface area contributed by atoms with Gasteiger partial charge in [-0.1, -0.05) is 48.5 Å². The molecule has 0 fully saturated rings. The third-order valence-corrected chi connectivity index (χ3v) is 3.05. The van der Waals surface area contributed by atoms with E-state index in [0.717, 1.165) is 16.8 Å². The van der Waals surface area contributed by atoms with Gasteiger partial charge in [0, 0.05) is 11.8 Å². The Kier molecular flexibility index (Phi) is 3.12.